The van der Waals surface area contributed by atoms with E-state index in [4.69, 9.17) is 0 Å². The summed E-state index contributed by atoms with van der Waals surface area (Å²) in [6.07, 6.45) is 3.28. The van der Waals surface area contributed by atoms with Crippen molar-refractivity contribution < 1.29 is 14.4 Å². The number of carbonyl (C=O) groups excluding carboxylic acids is 3. The minimum atomic E-state index is -0.393. The fourth-order valence-electron chi connectivity index (χ4n) is 2.32. The second kappa shape index (κ2) is 7.59. The highest BCUT2D eigenvalue weighted by atomic mass is 16.2. The van der Waals surface area contributed by atoms with E-state index in [1.54, 1.807) is 17.0 Å². The predicted octanol–water partition coefficient (Wildman–Crippen LogP) is 1.16. The van der Waals surface area contributed by atoms with Crippen LogP contribution in [0.5, 0.6) is 0 Å². The zero-order valence-electron chi connectivity index (χ0n) is 12.7. The molecule has 1 aromatic rings. The topological polar surface area (TPSA) is 78.5 Å². The minimum absolute atomic E-state index is 0.00230. The maximum atomic E-state index is 11.9. The van der Waals surface area contributed by atoms with Gasteiger partial charge in [-0.3, -0.25) is 25.2 Å². The van der Waals surface area contributed by atoms with Crippen molar-refractivity contribution >= 4 is 17.7 Å². The Morgan fingerprint density at radius 2 is 1.82 bits per heavy atom. The number of hydrazine groups is 1. The van der Waals surface area contributed by atoms with Gasteiger partial charge in [0, 0.05) is 18.5 Å². The van der Waals surface area contributed by atoms with Gasteiger partial charge in [0.25, 0.3) is 11.8 Å². The van der Waals surface area contributed by atoms with E-state index in [1.165, 1.54) is 0 Å². The molecule has 0 saturated carbocycles. The van der Waals surface area contributed by atoms with Crippen molar-refractivity contribution in [1.29, 1.82) is 0 Å². The first kappa shape index (κ1) is 16.0. The van der Waals surface area contributed by atoms with Gasteiger partial charge in [-0.15, -0.1) is 0 Å². The van der Waals surface area contributed by atoms with E-state index in [1.807, 2.05) is 19.1 Å². The van der Waals surface area contributed by atoms with E-state index in [2.05, 4.69) is 10.9 Å². The highest BCUT2D eigenvalue weighted by Gasteiger charge is 2.19. The number of rotatable bonds is 3. The number of hydrogen-bond acceptors (Lipinski definition) is 3. The molecule has 0 atom stereocenters. The monoisotopic (exact) mass is 303 g/mol. The number of nitrogens with one attached hydrogen (secondary N) is 2. The number of nitrogens with zero attached hydrogens (tertiary/aromatic N) is 1. The quantitative estimate of drug-likeness (QED) is 0.822. The average molecular weight is 303 g/mol. The Bertz CT molecular complexity index is 554. The molecule has 1 saturated heterocycles. The zero-order chi connectivity index (χ0) is 15.9. The van der Waals surface area contributed by atoms with Crippen molar-refractivity contribution in [2.75, 3.05) is 13.1 Å². The first-order chi connectivity index (χ1) is 10.6. The van der Waals surface area contributed by atoms with Crippen molar-refractivity contribution in [3.8, 4) is 0 Å². The third kappa shape index (κ3) is 4.58. The standard InChI is InChI=1S/C16H21N3O3/c1-12-6-8-13(9-7-12)16(22)18-17-14(20)11-19-10-4-2-3-5-15(19)21/h6-9H,2-5,10-11H2,1H3,(H,17,20)(H,18,22). The molecule has 1 aliphatic rings. The number of benzene rings is 1. The van der Waals surface area contributed by atoms with Crippen LogP contribution < -0.4 is 10.9 Å². The summed E-state index contributed by atoms with van der Waals surface area (Å²) >= 11 is 0. The molecule has 6 heteroatoms. The molecule has 2 rings (SSSR count). The lowest BCUT2D eigenvalue weighted by molar-refractivity contribution is -0.135. The van der Waals surface area contributed by atoms with Gasteiger partial charge in [0.2, 0.25) is 5.91 Å². The molecule has 6 nitrogen and oxygen atoms in total. The molecule has 2 N–H and O–H groups in total. The Morgan fingerprint density at radius 3 is 2.55 bits per heavy atom. The molecule has 1 fully saturated rings. The molecule has 1 heterocycles. The van der Waals surface area contributed by atoms with Crippen LogP contribution in [0.2, 0.25) is 0 Å². The van der Waals surface area contributed by atoms with E-state index in [-0.39, 0.29) is 18.4 Å². The minimum Gasteiger partial charge on any atom is -0.333 e. The van der Waals surface area contributed by atoms with Crippen LogP contribution in [0.3, 0.4) is 0 Å². The normalized spacial score (nSPS) is 15.1. The maximum Gasteiger partial charge on any atom is 0.269 e. The van der Waals surface area contributed by atoms with Gasteiger partial charge in [0.05, 0.1) is 0 Å². The number of likely N-dealkylation sites (tertiary alicyclic amines) is 1. The highest BCUT2D eigenvalue weighted by molar-refractivity contribution is 5.95. The Balaban J connectivity index is 1.80. The number of aryl methyl sites for hydroxylation is 1. The van der Waals surface area contributed by atoms with Gasteiger partial charge in [0.1, 0.15) is 6.54 Å². The van der Waals surface area contributed by atoms with Crippen molar-refractivity contribution in [2.45, 2.75) is 32.6 Å². The Morgan fingerprint density at radius 1 is 1.09 bits per heavy atom. The maximum absolute atomic E-state index is 11.9. The van der Waals surface area contributed by atoms with Gasteiger partial charge in [-0.05, 0) is 31.9 Å². The molecule has 1 aliphatic heterocycles. The summed E-state index contributed by atoms with van der Waals surface area (Å²) in [6, 6.07) is 7.03. The summed E-state index contributed by atoms with van der Waals surface area (Å²) in [4.78, 5) is 37.0. The van der Waals surface area contributed by atoms with Gasteiger partial charge in [0.15, 0.2) is 0 Å². The van der Waals surface area contributed by atoms with Crippen molar-refractivity contribution in [3.05, 3.63) is 35.4 Å². The molecule has 0 aliphatic carbocycles. The van der Waals surface area contributed by atoms with E-state index in [9.17, 15) is 14.4 Å². The van der Waals surface area contributed by atoms with Crippen LogP contribution in [-0.4, -0.2) is 35.7 Å². The largest absolute Gasteiger partial charge is 0.333 e. The van der Waals surface area contributed by atoms with Crippen molar-refractivity contribution in [1.82, 2.24) is 15.8 Å². The molecular formula is C16H21N3O3. The van der Waals surface area contributed by atoms with Crippen LogP contribution in [0.25, 0.3) is 0 Å². The van der Waals surface area contributed by atoms with Gasteiger partial charge in [-0.1, -0.05) is 24.1 Å². The van der Waals surface area contributed by atoms with Crippen LogP contribution >= 0.6 is 0 Å². The molecule has 0 radical (unpaired) electrons. The second-order valence-corrected chi connectivity index (χ2v) is 5.49. The summed E-state index contributed by atoms with van der Waals surface area (Å²) in [5.41, 5.74) is 6.24. The highest BCUT2D eigenvalue weighted by Crippen LogP contribution is 2.10. The molecule has 3 amide bonds. The van der Waals surface area contributed by atoms with Crippen molar-refractivity contribution in [3.63, 3.8) is 0 Å². The summed E-state index contributed by atoms with van der Waals surface area (Å²) in [5, 5.41) is 0. The molecule has 0 aromatic heterocycles. The Kier molecular flexibility index (Phi) is 5.52. The summed E-state index contributed by atoms with van der Waals surface area (Å²) in [7, 11) is 0. The third-order valence-electron chi connectivity index (χ3n) is 3.64. The SMILES string of the molecule is Cc1ccc(C(=O)NNC(=O)CN2CCCCCC2=O)cc1. The first-order valence-corrected chi connectivity index (χ1v) is 7.50. The summed E-state index contributed by atoms with van der Waals surface area (Å²) in [5.74, 6) is -0.774. The Hall–Kier alpha value is -2.37. The Labute approximate surface area is 129 Å². The lowest BCUT2D eigenvalue weighted by Gasteiger charge is -2.19. The summed E-state index contributed by atoms with van der Waals surface area (Å²) in [6.45, 7) is 2.51. The lowest BCUT2D eigenvalue weighted by atomic mass is 10.1. The smallest absolute Gasteiger partial charge is 0.269 e. The van der Waals surface area contributed by atoms with Gasteiger partial charge < -0.3 is 4.90 Å². The molecule has 1 aromatic carbocycles. The van der Waals surface area contributed by atoms with E-state index >= 15 is 0 Å². The van der Waals surface area contributed by atoms with E-state index in [0.29, 0.717) is 18.5 Å². The van der Waals surface area contributed by atoms with Crippen LogP contribution in [0.4, 0.5) is 0 Å². The van der Waals surface area contributed by atoms with E-state index in [0.717, 1.165) is 24.8 Å². The fraction of sp³-hybridized carbons (Fsp3) is 0.438. The van der Waals surface area contributed by atoms with Crippen molar-refractivity contribution in [2.24, 2.45) is 0 Å². The van der Waals surface area contributed by atoms with E-state index < -0.39 is 5.91 Å². The molecular weight excluding hydrogens is 282 g/mol. The lowest BCUT2D eigenvalue weighted by Crippen LogP contribution is -2.47. The molecule has 0 spiro atoms. The van der Waals surface area contributed by atoms with Crippen LogP contribution in [-0.2, 0) is 9.59 Å². The molecule has 22 heavy (non-hydrogen) atoms. The third-order valence-corrected chi connectivity index (χ3v) is 3.64. The number of amides is 3. The molecule has 0 bridgehead atoms. The first-order valence-electron chi connectivity index (χ1n) is 7.50. The zero-order valence-corrected chi connectivity index (χ0v) is 12.7. The predicted molar refractivity (Wildman–Crippen MR) is 81.8 cm³/mol. The average Bonchev–Trinajstić information content (AvgIpc) is 2.70. The number of carbonyl (C=O) groups is 3. The van der Waals surface area contributed by atoms with Gasteiger partial charge >= 0.3 is 0 Å². The molecule has 0 unspecified atom stereocenters. The van der Waals surface area contributed by atoms with Gasteiger partial charge in [-0.25, -0.2) is 0 Å². The van der Waals surface area contributed by atoms with Crippen LogP contribution in [0, 0.1) is 6.92 Å². The fourth-order valence-corrected chi connectivity index (χ4v) is 2.32. The van der Waals surface area contributed by atoms with Gasteiger partial charge in [-0.2, -0.15) is 0 Å². The second-order valence-electron chi connectivity index (χ2n) is 5.49. The summed E-state index contributed by atoms with van der Waals surface area (Å²) < 4.78 is 0. The number of hydrogen-bond donors (Lipinski definition) is 2. The molecule has 118 valence electrons. The van der Waals surface area contributed by atoms with Crippen LogP contribution in [0.15, 0.2) is 24.3 Å². The van der Waals surface area contributed by atoms with Crippen LogP contribution in [0.1, 0.15) is 41.6 Å².